The predicted octanol–water partition coefficient (Wildman–Crippen LogP) is 3.47. The summed E-state index contributed by atoms with van der Waals surface area (Å²) in [4.78, 5) is 0. The minimum absolute atomic E-state index is 0.994. The average Bonchev–Trinajstić information content (AvgIpc) is 1.88. The van der Waals surface area contributed by atoms with Crippen LogP contribution in [-0.4, -0.2) is 0 Å². The second-order valence-corrected chi connectivity index (χ2v) is 4.06. The second-order valence-electron chi connectivity index (χ2n) is 4.06. The summed E-state index contributed by atoms with van der Waals surface area (Å²) in [6.45, 7) is 7.14. The van der Waals surface area contributed by atoms with Gasteiger partial charge in [0, 0.05) is 0 Å². The van der Waals surface area contributed by atoms with Crippen LogP contribution >= 0.6 is 0 Å². The molecular formula is C10H20. The minimum atomic E-state index is 0.994. The first-order valence-corrected chi connectivity index (χ1v) is 4.74. The van der Waals surface area contributed by atoms with Gasteiger partial charge in [0.15, 0.2) is 0 Å². The normalized spacial score (nSPS) is 41.7. The lowest BCUT2D eigenvalue weighted by Gasteiger charge is -2.31. The van der Waals surface area contributed by atoms with E-state index < -0.39 is 0 Å². The zero-order valence-electron chi connectivity index (χ0n) is 7.56. The van der Waals surface area contributed by atoms with E-state index in [9.17, 15) is 0 Å². The first kappa shape index (κ1) is 8.10. The van der Waals surface area contributed by atoms with E-state index in [0.29, 0.717) is 0 Å². The molecule has 0 heterocycles. The van der Waals surface area contributed by atoms with Crippen LogP contribution in [0.15, 0.2) is 0 Å². The molecule has 1 unspecified atom stereocenters. The van der Waals surface area contributed by atoms with Gasteiger partial charge < -0.3 is 0 Å². The quantitative estimate of drug-likeness (QED) is 0.523. The maximum atomic E-state index is 2.42. The van der Waals surface area contributed by atoms with Crippen molar-refractivity contribution in [1.29, 1.82) is 0 Å². The van der Waals surface area contributed by atoms with Crippen molar-refractivity contribution >= 4 is 0 Å². The molecule has 1 fully saturated rings. The van der Waals surface area contributed by atoms with E-state index in [1.807, 2.05) is 0 Å². The highest BCUT2D eigenvalue weighted by molar-refractivity contribution is 4.74. The van der Waals surface area contributed by atoms with Crippen LogP contribution in [-0.2, 0) is 0 Å². The lowest BCUT2D eigenvalue weighted by Crippen LogP contribution is -2.20. The summed E-state index contributed by atoms with van der Waals surface area (Å²) >= 11 is 0. The Hall–Kier alpha value is 0. The molecule has 60 valence electrons. The summed E-state index contributed by atoms with van der Waals surface area (Å²) in [7, 11) is 0. The molecule has 0 aromatic carbocycles. The molecule has 0 heteroatoms. The molecule has 0 aromatic rings. The third kappa shape index (κ3) is 1.74. The predicted molar refractivity (Wildman–Crippen MR) is 46.0 cm³/mol. The van der Waals surface area contributed by atoms with E-state index >= 15 is 0 Å². The molecule has 0 radical (unpaired) electrons. The molecule has 0 aromatic heterocycles. The van der Waals surface area contributed by atoms with Crippen molar-refractivity contribution in [2.24, 2.45) is 17.8 Å². The Morgan fingerprint density at radius 2 is 1.90 bits per heavy atom. The van der Waals surface area contributed by atoms with Gasteiger partial charge in [0.05, 0.1) is 0 Å². The highest BCUT2D eigenvalue weighted by Gasteiger charge is 2.23. The van der Waals surface area contributed by atoms with Gasteiger partial charge in [0.25, 0.3) is 0 Å². The van der Waals surface area contributed by atoms with Crippen molar-refractivity contribution in [3.63, 3.8) is 0 Å². The Morgan fingerprint density at radius 3 is 2.40 bits per heavy atom. The molecule has 10 heavy (non-hydrogen) atoms. The maximum Gasteiger partial charge on any atom is -0.0391 e. The molecule has 0 aliphatic heterocycles. The summed E-state index contributed by atoms with van der Waals surface area (Å²) in [5.41, 5.74) is 0. The van der Waals surface area contributed by atoms with Crippen LogP contribution < -0.4 is 0 Å². The van der Waals surface area contributed by atoms with E-state index in [2.05, 4.69) is 20.8 Å². The number of rotatable bonds is 1. The molecule has 1 rings (SSSR count). The lowest BCUT2D eigenvalue weighted by atomic mass is 9.75. The summed E-state index contributed by atoms with van der Waals surface area (Å²) in [6, 6.07) is 0. The van der Waals surface area contributed by atoms with E-state index in [0.717, 1.165) is 17.8 Å². The highest BCUT2D eigenvalue weighted by Crippen LogP contribution is 2.34. The van der Waals surface area contributed by atoms with Crippen LogP contribution in [0.2, 0.25) is 0 Å². The minimum Gasteiger partial charge on any atom is -0.0651 e. The van der Waals surface area contributed by atoms with Gasteiger partial charge in [-0.25, -0.2) is 0 Å². The smallest absolute Gasteiger partial charge is 0.0391 e. The zero-order valence-corrected chi connectivity index (χ0v) is 7.56. The van der Waals surface area contributed by atoms with Gasteiger partial charge in [-0.05, 0) is 30.6 Å². The zero-order chi connectivity index (χ0) is 7.56. The van der Waals surface area contributed by atoms with Crippen molar-refractivity contribution in [1.82, 2.24) is 0 Å². The van der Waals surface area contributed by atoms with E-state index in [4.69, 9.17) is 0 Å². The molecule has 0 bridgehead atoms. The average molecular weight is 140 g/mol. The molecule has 1 aliphatic carbocycles. The third-order valence-corrected chi connectivity index (χ3v) is 3.13. The molecular weight excluding hydrogens is 120 g/mol. The number of hydrogen-bond donors (Lipinski definition) is 0. The SMILES string of the molecule is CC[C@@H]1CCC(C)C[C@@H]1C. The van der Waals surface area contributed by atoms with Crippen LogP contribution in [0.25, 0.3) is 0 Å². The standard InChI is InChI=1S/C10H20/c1-4-10-6-5-8(2)7-9(10)3/h8-10H,4-7H2,1-3H3/t8?,9-,10+/m0/s1. The van der Waals surface area contributed by atoms with Crippen LogP contribution in [0.5, 0.6) is 0 Å². The monoisotopic (exact) mass is 140 g/mol. The van der Waals surface area contributed by atoms with E-state index in [1.165, 1.54) is 25.7 Å². The Morgan fingerprint density at radius 1 is 1.20 bits per heavy atom. The van der Waals surface area contributed by atoms with Gasteiger partial charge >= 0.3 is 0 Å². The molecule has 0 spiro atoms. The first-order chi connectivity index (χ1) is 4.74. The van der Waals surface area contributed by atoms with Crippen LogP contribution in [0, 0.1) is 17.8 Å². The first-order valence-electron chi connectivity index (χ1n) is 4.74. The summed E-state index contributed by atoms with van der Waals surface area (Å²) in [5, 5.41) is 0. The van der Waals surface area contributed by atoms with Crippen LogP contribution in [0.4, 0.5) is 0 Å². The molecule has 3 atom stereocenters. The number of hydrogen-bond acceptors (Lipinski definition) is 0. The van der Waals surface area contributed by atoms with E-state index in [-0.39, 0.29) is 0 Å². The molecule has 1 saturated carbocycles. The van der Waals surface area contributed by atoms with Crippen molar-refractivity contribution in [2.75, 3.05) is 0 Å². The fourth-order valence-corrected chi connectivity index (χ4v) is 2.33. The second kappa shape index (κ2) is 3.41. The summed E-state index contributed by atoms with van der Waals surface area (Å²) in [6.07, 6.45) is 5.83. The molecule has 0 amide bonds. The maximum absolute atomic E-state index is 2.42. The molecule has 0 nitrogen and oxygen atoms in total. The van der Waals surface area contributed by atoms with Gasteiger partial charge in [0.2, 0.25) is 0 Å². The summed E-state index contributed by atoms with van der Waals surface area (Å²) < 4.78 is 0. The largest absolute Gasteiger partial charge is 0.0651 e. The fraction of sp³-hybridized carbons (Fsp3) is 1.00. The molecule has 1 aliphatic rings. The topological polar surface area (TPSA) is 0 Å². The lowest BCUT2D eigenvalue weighted by molar-refractivity contribution is 0.200. The van der Waals surface area contributed by atoms with Gasteiger partial charge in [-0.1, -0.05) is 33.6 Å². The molecule has 0 N–H and O–H groups in total. The highest BCUT2D eigenvalue weighted by atomic mass is 14.3. The van der Waals surface area contributed by atoms with E-state index in [1.54, 1.807) is 0 Å². The van der Waals surface area contributed by atoms with Crippen LogP contribution in [0.1, 0.15) is 46.5 Å². The van der Waals surface area contributed by atoms with Crippen molar-refractivity contribution < 1.29 is 0 Å². The third-order valence-electron chi connectivity index (χ3n) is 3.13. The van der Waals surface area contributed by atoms with Gasteiger partial charge in [0.1, 0.15) is 0 Å². The van der Waals surface area contributed by atoms with Crippen molar-refractivity contribution in [2.45, 2.75) is 46.5 Å². The Labute approximate surface area is 65.0 Å². The summed E-state index contributed by atoms with van der Waals surface area (Å²) in [5.74, 6) is 3.03. The fourth-order valence-electron chi connectivity index (χ4n) is 2.33. The Kier molecular flexibility index (Phi) is 2.76. The van der Waals surface area contributed by atoms with Crippen molar-refractivity contribution in [3.05, 3.63) is 0 Å². The Bertz CT molecular complexity index is 96.2. The molecule has 0 saturated heterocycles. The van der Waals surface area contributed by atoms with Gasteiger partial charge in [-0.3, -0.25) is 0 Å². The van der Waals surface area contributed by atoms with Crippen molar-refractivity contribution in [3.8, 4) is 0 Å². The van der Waals surface area contributed by atoms with Gasteiger partial charge in [-0.2, -0.15) is 0 Å². The van der Waals surface area contributed by atoms with Crippen LogP contribution in [0.3, 0.4) is 0 Å². The van der Waals surface area contributed by atoms with Gasteiger partial charge in [-0.15, -0.1) is 0 Å². The Balaban J connectivity index is 2.36.